The first-order chi connectivity index (χ1) is 7.43. The van der Waals surface area contributed by atoms with Gasteiger partial charge in [-0.2, -0.15) is 5.10 Å². The van der Waals surface area contributed by atoms with E-state index in [0.29, 0.717) is 6.04 Å². The Kier molecular flexibility index (Phi) is 1.95. The van der Waals surface area contributed by atoms with Crippen LogP contribution in [-0.2, 0) is 6.42 Å². The second-order valence-corrected chi connectivity index (χ2v) is 3.88. The summed E-state index contributed by atoms with van der Waals surface area (Å²) in [6.07, 6.45) is 4.92. The predicted molar refractivity (Wildman–Crippen MR) is 59.9 cm³/mol. The summed E-state index contributed by atoms with van der Waals surface area (Å²) < 4.78 is 2.03. The zero-order chi connectivity index (χ0) is 10.1. The van der Waals surface area contributed by atoms with E-state index in [0.717, 1.165) is 13.0 Å². The maximum absolute atomic E-state index is 4.29. The highest BCUT2D eigenvalue weighted by molar-refractivity contribution is 5.53. The predicted octanol–water partition coefficient (Wildman–Crippen LogP) is 2.09. The van der Waals surface area contributed by atoms with Crippen LogP contribution in [0.5, 0.6) is 0 Å². The maximum Gasteiger partial charge on any atom is 0.0732 e. The van der Waals surface area contributed by atoms with E-state index in [1.165, 1.54) is 11.3 Å². The van der Waals surface area contributed by atoms with Crippen molar-refractivity contribution in [3.8, 4) is 0 Å². The molecule has 1 aliphatic heterocycles. The van der Waals surface area contributed by atoms with Gasteiger partial charge in [-0.1, -0.05) is 18.2 Å². The largest absolute Gasteiger partial charge is 0.383 e. The van der Waals surface area contributed by atoms with Gasteiger partial charge in [0.05, 0.1) is 6.04 Å². The average Bonchev–Trinajstić information content (AvgIpc) is 2.82. The Morgan fingerprint density at radius 2 is 2.20 bits per heavy atom. The van der Waals surface area contributed by atoms with Gasteiger partial charge in [0.2, 0.25) is 0 Å². The Balaban J connectivity index is 1.89. The number of aromatic nitrogens is 2. The summed E-state index contributed by atoms with van der Waals surface area (Å²) >= 11 is 0. The number of fused-ring (bicyclic) bond motifs is 1. The van der Waals surface area contributed by atoms with Gasteiger partial charge in [-0.3, -0.25) is 4.68 Å². The SMILES string of the molecule is c1ccc2c(c1)C[C@H](n1cccn1)CN2. The van der Waals surface area contributed by atoms with E-state index < -0.39 is 0 Å². The molecule has 3 nitrogen and oxygen atoms in total. The Bertz CT molecular complexity index is 448. The van der Waals surface area contributed by atoms with Gasteiger partial charge in [-0.25, -0.2) is 0 Å². The smallest absolute Gasteiger partial charge is 0.0732 e. The highest BCUT2D eigenvalue weighted by Gasteiger charge is 2.18. The van der Waals surface area contributed by atoms with Crippen LogP contribution in [0.4, 0.5) is 5.69 Å². The molecule has 0 bridgehead atoms. The van der Waals surface area contributed by atoms with Gasteiger partial charge >= 0.3 is 0 Å². The van der Waals surface area contributed by atoms with Gasteiger partial charge in [-0.05, 0) is 24.1 Å². The van der Waals surface area contributed by atoms with Gasteiger partial charge in [-0.15, -0.1) is 0 Å². The highest BCUT2D eigenvalue weighted by atomic mass is 15.3. The molecule has 0 radical (unpaired) electrons. The van der Waals surface area contributed by atoms with Crippen LogP contribution >= 0.6 is 0 Å². The number of para-hydroxylation sites is 1. The second kappa shape index (κ2) is 3.42. The quantitative estimate of drug-likeness (QED) is 0.762. The molecule has 0 spiro atoms. The van der Waals surface area contributed by atoms with E-state index in [1.807, 2.05) is 23.1 Å². The molecule has 0 saturated carbocycles. The van der Waals surface area contributed by atoms with Crippen LogP contribution in [0.3, 0.4) is 0 Å². The molecule has 0 aliphatic carbocycles. The molecular weight excluding hydrogens is 186 g/mol. The summed E-state index contributed by atoms with van der Waals surface area (Å²) in [5.74, 6) is 0. The zero-order valence-corrected chi connectivity index (χ0v) is 8.43. The molecule has 1 aliphatic rings. The summed E-state index contributed by atoms with van der Waals surface area (Å²) in [6.45, 7) is 0.957. The van der Waals surface area contributed by atoms with Crippen LogP contribution in [0, 0.1) is 0 Å². The summed E-state index contributed by atoms with van der Waals surface area (Å²) in [7, 11) is 0. The molecule has 0 unspecified atom stereocenters. The average molecular weight is 199 g/mol. The number of nitrogens with zero attached hydrogens (tertiary/aromatic N) is 2. The summed E-state index contributed by atoms with van der Waals surface area (Å²) in [5.41, 5.74) is 2.64. The molecule has 0 amide bonds. The summed E-state index contributed by atoms with van der Waals surface area (Å²) in [4.78, 5) is 0. The number of hydrogen-bond acceptors (Lipinski definition) is 2. The van der Waals surface area contributed by atoms with Crippen molar-refractivity contribution in [2.75, 3.05) is 11.9 Å². The normalized spacial score (nSPS) is 19.3. The first kappa shape index (κ1) is 8.53. The van der Waals surface area contributed by atoms with Crippen molar-refractivity contribution >= 4 is 5.69 Å². The topological polar surface area (TPSA) is 29.9 Å². The lowest BCUT2D eigenvalue weighted by molar-refractivity contribution is 0.462. The van der Waals surface area contributed by atoms with Crippen LogP contribution in [0.2, 0.25) is 0 Å². The molecular formula is C12H13N3. The van der Waals surface area contributed by atoms with Crippen molar-refractivity contribution in [1.29, 1.82) is 0 Å². The number of anilines is 1. The fourth-order valence-electron chi connectivity index (χ4n) is 2.11. The van der Waals surface area contributed by atoms with Crippen molar-refractivity contribution in [2.24, 2.45) is 0 Å². The third-order valence-corrected chi connectivity index (χ3v) is 2.90. The number of benzene rings is 1. The van der Waals surface area contributed by atoms with E-state index in [1.54, 1.807) is 0 Å². The first-order valence-electron chi connectivity index (χ1n) is 5.24. The van der Waals surface area contributed by atoms with Crippen LogP contribution in [0.1, 0.15) is 11.6 Å². The van der Waals surface area contributed by atoms with Crippen molar-refractivity contribution < 1.29 is 0 Å². The van der Waals surface area contributed by atoms with E-state index in [-0.39, 0.29) is 0 Å². The number of hydrogen-bond donors (Lipinski definition) is 1. The standard InChI is InChI=1S/C12H13N3/c1-2-5-12-10(4-1)8-11(9-13-12)15-7-3-6-14-15/h1-7,11,13H,8-9H2/t11-/m0/s1. The molecule has 3 heteroatoms. The van der Waals surface area contributed by atoms with Crippen molar-refractivity contribution in [2.45, 2.75) is 12.5 Å². The zero-order valence-electron chi connectivity index (χ0n) is 8.43. The lowest BCUT2D eigenvalue weighted by Crippen LogP contribution is -2.26. The van der Waals surface area contributed by atoms with Crippen molar-refractivity contribution in [1.82, 2.24) is 9.78 Å². The fourth-order valence-corrected chi connectivity index (χ4v) is 2.11. The third kappa shape index (κ3) is 1.50. The Labute approximate surface area is 88.7 Å². The monoisotopic (exact) mass is 199 g/mol. The molecule has 76 valence electrons. The van der Waals surface area contributed by atoms with Gasteiger partial charge in [0, 0.05) is 24.6 Å². The van der Waals surface area contributed by atoms with Gasteiger partial charge in [0.1, 0.15) is 0 Å². The Hall–Kier alpha value is -1.77. The Morgan fingerprint density at radius 3 is 3.07 bits per heavy atom. The number of rotatable bonds is 1. The first-order valence-corrected chi connectivity index (χ1v) is 5.24. The molecule has 1 atom stereocenters. The van der Waals surface area contributed by atoms with E-state index >= 15 is 0 Å². The number of nitrogens with one attached hydrogen (secondary N) is 1. The van der Waals surface area contributed by atoms with Crippen LogP contribution in [0.15, 0.2) is 42.7 Å². The molecule has 1 aromatic heterocycles. The molecule has 2 heterocycles. The van der Waals surface area contributed by atoms with Crippen molar-refractivity contribution in [3.05, 3.63) is 48.3 Å². The lowest BCUT2D eigenvalue weighted by Gasteiger charge is -2.26. The molecule has 2 aromatic rings. The lowest BCUT2D eigenvalue weighted by atomic mass is 10.00. The molecule has 3 rings (SSSR count). The molecule has 0 fully saturated rings. The Morgan fingerprint density at radius 1 is 1.27 bits per heavy atom. The van der Waals surface area contributed by atoms with Crippen LogP contribution in [0.25, 0.3) is 0 Å². The minimum atomic E-state index is 0.440. The van der Waals surface area contributed by atoms with E-state index in [4.69, 9.17) is 0 Å². The second-order valence-electron chi connectivity index (χ2n) is 3.88. The van der Waals surface area contributed by atoms with E-state index in [9.17, 15) is 0 Å². The minimum absolute atomic E-state index is 0.440. The van der Waals surface area contributed by atoms with Gasteiger partial charge in [0.15, 0.2) is 0 Å². The molecule has 1 aromatic carbocycles. The minimum Gasteiger partial charge on any atom is -0.383 e. The molecule has 0 saturated heterocycles. The molecule has 15 heavy (non-hydrogen) atoms. The van der Waals surface area contributed by atoms with Crippen molar-refractivity contribution in [3.63, 3.8) is 0 Å². The van der Waals surface area contributed by atoms with E-state index in [2.05, 4.69) is 34.7 Å². The van der Waals surface area contributed by atoms with Crippen LogP contribution in [-0.4, -0.2) is 16.3 Å². The highest BCUT2D eigenvalue weighted by Crippen LogP contribution is 2.26. The summed E-state index contributed by atoms with van der Waals surface area (Å²) in [6, 6.07) is 10.9. The molecule has 1 N–H and O–H groups in total. The van der Waals surface area contributed by atoms with Crippen LogP contribution < -0.4 is 5.32 Å². The van der Waals surface area contributed by atoms with Gasteiger partial charge < -0.3 is 5.32 Å². The maximum atomic E-state index is 4.29. The fraction of sp³-hybridized carbons (Fsp3) is 0.250. The van der Waals surface area contributed by atoms with Gasteiger partial charge in [0.25, 0.3) is 0 Å². The third-order valence-electron chi connectivity index (χ3n) is 2.90. The summed E-state index contributed by atoms with van der Waals surface area (Å²) in [5, 5.41) is 7.73.